The van der Waals surface area contributed by atoms with Gasteiger partial charge in [-0.3, -0.25) is 4.79 Å². The summed E-state index contributed by atoms with van der Waals surface area (Å²) in [6.45, 7) is 0.246. The number of benzene rings is 1. The molecule has 3 heteroatoms. The standard InChI is InChI=1S/C12H10O3/c13-12(8-2-1-3-8)9-4-5-10-11(6-9)15-7-14-10/h2,4-6H,1,3,7H2. The first-order chi connectivity index (χ1) is 7.34. The Kier molecular flexibility index (Phi) is 1.78. The molecule has 0 radical (unpaired) electrons. The summed E-state index contributed by atoms with van der Waals surface area (Å²) in [5.74, 6) is 1.49. The number of rotatable bonds is 2. The maximum Gasteiger partial charge on any atom is 0.231 e. The van der Waals surface area contributed by atoms with Gasteiger partial charge in [0.25, 0.3) is 0 Å². The summed E-state index contributed by atoms with van der Waals surface area (Å²) in [5, 5.41) is 0. The Bertz CT molecular complexity index is 460. The molecule has 0 amide bonds. The first-order valence-corrected chi connectivity index (χ1v) is 4.98. The molecule has 0 unspecified atom stereocenters. The molecular weight excluding hydrogens is 192 g/mol. The van der Waals surface area contributed by atoms with Crippen LogP contribution in [0.2, 0.25) is 0 Å². The number of hydrogen-bond acceptors (Lipinski definition) is 3. The number of carbonyl (C=O) groups is 1. The SMILES string of the molecule is O=C(C1=CCC1)c1ccc2c(c1)OCO2. The molecule has 0 bridgehead atoms. The molecule has 1 aromatic rings. The number of allylic oxidation sites excluding steroid dienone is 2. The number of fused-ring (bicyclic) bond motifs is 1. The highest BCUT2D eigenvalue weighted by Crippen LogP contribution is 2.34. The molecule has 1 aromatic carbocycles. The Hall–Kier alpha value is -1.77. The third-order valence-electron chi connectivity index (χ3n) is 2.73. The molecule has 0 fully saturated rings. The average molecular weight is 202 g/mol. The van der Waals surface area contributed by atoms with E-state index in [2.05, 4.69) is 0 Å². The van der Waals surface area contributed by atoms with Crippen LogP contribution in [-0.4, -0.2) is 12.6 Å². The van der Waals surface area contributed by atoms with Gasteiger partial charge in [-0.1, -0.05) is 6.08 Å². The van der Waals surface area contributed by atoms with Crippen molar-refractivity contribution < 1.29 is 14.3 Å². The van der Waals surface area contributed by atoms with E-state index in [1.807, 2.05) is 6.08 Å². The van der Waals surface area contributed by atoms with E-state index < -0.39 is 0 Å². The van der Waals surface area contributed by atoms with Crippen LogP contribution in [0, 0.1) is 0 Å². The highest BCUT2D eigenvalue weighted by molar-refractivity contribution is 6.09. The van der Waals surface area contributed by atoms with E-state index in [-0.39, 0.29) is 12.6 Å². The van der Waals surface area contributed by atoms with Gasteiger partial charge in [-0.2, -0.15) is 0 Å². The molecule has 1 heterocycles. The maximum absolute atomic E-state index is 11.9. The first kappa shape index (κ1) is 8.53. The van der Waals surface area contributed by atoms with Gasteiger partial charge in [0.15, 0.2) is 17.3 Å². The zero-order chi connectivity index (χ0) is 10.3. The maximum atomic E-state index is 11.9. The third-order valence-corrected chi connectivity index (χ3v) is 2.73. The predicted octanol–water partition coefficient (Wildman–Crippen LogP) is 2.32. The second-order valence-corrected chi connectivity index (χ2v) is 3.67. The highest BCUT2D eigenvalue weighted by Gasteiger charge is 2.20. The van der Waals surface area contributed by atoms with Crippen LogP contribution >= 0.6 is 0 Å². The fraction of sp³-hybridized carbons (Fsp3) is 0.250. The molecule has 0 atom stereocenters. The van der Waals surface area contributed by atoms with Gasteiger partial charge < -0.3 is 9.47 Å². The molecule has 2 aliphatic rings. The summed E-state index contributed by atoms with van der Waals surface area (Å²) in [6.07, 6.45) is 3.89. The lowest BCUT2D eigenvalue weighted by molar-refractivity contribution is 0.102. The number of Topliss-reactive ketones (excluding diaryl/α,β-unsaturated/α-hetero) is 1. The van der Waals surface area contributed by atoms with Crippen molar-refractivity contribution in [3.05, 3.63) is 35.4 Å². The van der Waals surface area contributed by atoms with E-state index in [9.17, 15) is 4.79 Å². The quantitative estimate of drug-likeness (QED) is 0.690. The van der Waals surface area contributed by atoms with E-state index in [1.165, 1.54) is 0 Å². The van der Waals surface area contributed by atoms with Gasteiger partial charge in [0, 0.05) is 5.56 Å². The van der Waals surface area contributed by atoms with Crippen LogP contribution in [0.5, 0.6) is 11.5 Å². The Morgan fingerprint density at radius 3 is 2.73 bits per heavy atom. The van der Waals surface area contributed by atoms with Crippen molar-refractivity contribution in [2.24, 2.45) is 0 Å². The lowest BCUT2D eigenvalue weighted by Gasteiger charge is -2.12. The van der Waals surface area contributed by atoms with Gasteiger partial charge in [0.1, 0.15) is 0 Å². The van der Waals surface area contributed by atoms with E-state index in [4.69, 9.17) is 9.47 Å². The van der Waals surface area contributed by atoms with Gasteiger partial charge in [0.2, 0.25) is 6.79 Å². The summed E-state index contributed by atoms with van der Waals surface area (Å²) >= 11 is 0. The molecule has 1 aliphatic heterocycles. The summed E-state index contributed by atoms with van der Waals surface area (Å²) in [4.78, 5) is 11.9. The molecule has 3 nitrogen and oxygen atoms in total. The van der Waals surface area contributed by atoms with Gasteiger partial charge in [-0.15, -0.1) is 0 Å². The zero-order valence-corrected chi connectivity index (χ0v) is 8.16. The van der Waals surface area contributed by atoms with Crippen LogP contribution < -0.4 is 9.47 Å². The van der Waals surface area contributed by atoms with Crippen molar-refractivity contribution in [2.75, 3.05) is 6.79 Å². The smallest absolute Gasteiger partial charge is 0.231 e. The molecule has 0 aromatic heterocycles. The van der Waals surface area contributed by atoms with Crippen molar-refractivity contribution in [1.29, 1.82) is 0 Å². The number of ketones is 1. The van der Waals surface area contributed by atoms with Crippen LogP contribution in [0.15, 0.2) is 29.8 Å². The molecule has 0 spiro atoms. The normalized spacial score (nSPS) is 16.9. The van der Waals surface area contributed by atoms with Crippen molar-refractivity contribution in [1.82, 2.24) is 0 Å². The molecule has 1 aliphatic carbocycles. The Morgan fingerprint density at radius 2 is 2.00 bits per heavy atom. The average Bonchev–Trinajstić information content (AvgIpc) is 2.61. The monoisotopic (exact) mass is 202 g/mol. The van der Waals surface area contributed by atoms with E-state index in [1.54, 1.807) is 18.2 Å². The van der Waals surface area contributed by atoms with Crippen molar-refractivity contribution in [3.63, 3.8) is 0 Å². The van der Waals surface area contributed by atoms with E-state index in [0.717, 1.165) is 18.4 Å². The van der Waals surface area contributed by atoms with Crippen LogP contribution in [0.25, 0.3) is 0 Å². The van der Waals surface area contributed by atoms with Gasteiger partial charge >= 0.3 is 0 Å². The highest BCUT2D eigenvalue weighted by atomic mass is 16.7. The molecule has 15 heavy (non-hydrogen) atoms. The van der Waals surface area contributed by atoms with Crippen molar-refractivity contribution >= 4 is 5.78 Å². The topological polar surface area (TPSA) is 35.5 Å². The fourth-order valence-electron chi connectivity index (χ4n) is 1.72. The lowest BCUT2D eigenvalue weighted by Crippen LogP contribution is -2.08. The first-order valence-electron chi connectivity index (χ1n) is 4.98. The minimum Gasteiger partial charge on any atom is -0.454 e. The summed E-state index contributed by atoms with van der Waals surface area (Å²) in [6, 6.07) is 5.33. The minimum absolute atomic E-state index is 0.111. The summed E-state index contributed by atoms with van der Waals surface area (Å²) in [7, 11) is 0. The van der Waals surface area contributed by atoms with Crippen LogP contribution in [-0.2, 0) is 0 Å². The molecule has 0 N–H and O–H groups in total. The van der Waals surface area contributed by atoms with Crippen molar-refractivity contribution in [3.8, 4) is 11.5 Å². The van der Waals surface area contributed by atoms with Gasteiger partial charge in [0.05, 0.1) is 0 Å². The fourth-order valence-corrected chi connectivity index (χ4v) is 1.72. The number of carbonyl (C=O) groups excluding carboxylic acids is 1. The lowest BCUT2D eigenvalue weighted by atomic mass is 9.91. The Balaban J connectivity index is 1.95. The minimum atomic E-state index is 0.111. The van der Waals surface area contributed by atoms with Crippen LogP contribution in [0.3, 0.4) is 0 Å². The van der Waals surface area contributed by atoms with Crippen LogP contribution in [0.4, 0.5) is 0 Å². The Morgan fingerprint density at radius 1 is 1.20 bits per heavy atom. The molecule has 0 saturated heterocycles. The molecule has 76 valence electrons. The third kappa shape index (κ3) is 1.31. The van der Waals surface area contributed by atoms with Crippen molar-refractivity contribution in [2.45, 2.75) is 12.8 Å². The second kappa shape index (κ2) is 3.12. The molecule has 0 saturated carbocycles. The summed E-state index contributed by atoms with van der Waals surface area (Å²) < 4.78 is 10.4. The molecule has 3 rings (SSSR count). The largest absolute Gasteiger partial charge is 0.454 e. The van der Waals surface area contributed by atoms with E-state index >= 15 is 0 Å². The van der Waals surface area contributed by atoms with Crippen LogP contribution in [0.1, 0.15) is 23.2 Å². The molecular formula is C12H10O3. The predicted molar refractivity (Wildman–Crippen MR) is 54.2 cm³/mol. The summed E-state index contributed by atoms with van der Waals surface area (Å²) in [5.41, 5.74) is 1.60. The number of hydrogen-bond donors (Lipinski definition) is 0. The number of ether oxygens (including phenoxy) is 2. The second-order valence-electron chi connectivity index (χ2n) is 3.67. The zero-order valence-electron chi connectivity index (χ0n) is 8.16. The van der Waals surface area contributed by atoms with E-state index in [0.29, 0.717) is 17.1 Å². The Labute approximate surface area is 87.3 Å². The van der Waals surface area contributed by atoms with Gasteiger partial charge in [-0.05, 0) is 36.6 Å². The van der Waals surface area contributed by atoms with Gasteiger partial charge in [-0.25, -0.2) is 0 Å².